The number of hydrogen-bond donors (Lipinski definition) is 0. The lowest BCUT2D eigenvalue weighted by Crippen LogP contribution is -2.48. The maximum atomic E-state index is 12.0. The molecule has 0 aromatic rings. The molecule has 2 rings (SSSR count). The van der Waals surface area contributed by atoms with Crippen LogP contribution in [0.25, 0.3) is 0 Å². The molecule has 2 aliphatic heterocycles. The molecule has 5 nitrogen and oxygen atoms in total. The predicted molar refractivity (Wildman–Crippen MR) is 78.5 cm³/mol. The van der Waals surface area contributed by atoms with Crippen molar-refractivity contribution in [2.45, 2.75) is 13.8 Å². The summed E-state index contributed by atoms with van der Waals surface area (Å²) >= 11 is 3.05. The standard InChI is InChI=1S/C13H18O5S2/c1-3-17-10(14)9(11(15)18-4-2)12-19-7-13(8-20-12)5-16-6-13/h3-8H2,1-2H3. The van der Waals surface area contributed by atoms with Gasteiger partial charge in [-0.2, -0.15) is 0 Å². The lowest BCUT2D eigenvalue weighted by atomic mass is 9.91. The number of esters is 2. The Labute approximate surface area is 126 Å². The minimum absolute atomic E-state index is 0.0405. The van der Waals surface area contributed by atoms with E-state index in [9.17, 15) is 9.59 Å². The van der Waals surface area contributed by atoms with E-state index in [-0.39, 0.29) is 24.2 Å². The second kappa shape index (κ2) is 6.87. The first-order valence-corrected chi connectivity index (χ1v) is 8.51. The molecule has 0 aliphatic carbocycles. The van der Waals surface area contributed by atoms with Gasteiger partial charge in [-0.05, 0) is 13.8 Å². The van der Waals surface area contributed by atoms with E-state index in [0.717, 1.165) is 24.7 Å². The van der Waals surface area contributed by atoms with Crippen LogP contribution in [0, 0.1) is 5.41 Å². The smallest absolute Gasteiger partial charge is 0.347 e. The third-order valence-electron chi connectivity index (χ3n) is 3.00. The summed E-state index contributed by atoms with van der Waals surface area (Å²) in [5, 5.41) is 0. The first-order valence-electron chi connectivity index (χ1n) is 6.54. The van der Waals surface area contributed by atoms with E-state index in [0.29, 0.717) is 4.24 Å². The van der Waals surface area contributed by atoms with E-state index < -0.39 is 11.9 Å². The summed E-state index contributed by atoms with van der Waals surface area (Å²) in [4.78, 5) is 23.9. The molecule has 0 aromatic carbocycles. The normalized spacial score (nSPS) is 20.2. The molecule has 1 spiro atoms. The lowest BCUT2D eigenvalue weighted by Gasteiger charge is -2.43. The van der Waals surface area contributed by atoms with Gasteiger partial charge in [-0.15, -0.1) is 23.5 Å². The van der Waals surface area contributed by atoms with Gasteiger partial charge in [0, 0.05) is 16.9 Å². The first kappa shape index (κ1) is 15.7. The van der Waals surface area contributed by atoms with Crippen molar-refractivity contribution >= 4 is 35.5 Å². The molecule has 0 saturated carbocycles. The number of thioether (sulfide) groups is 2. The maximum absolute atomic E-state index is 12.0. The minimum Gasteiger partial charge on any atom is -0.462 e. The fourth-order valence-corrected chi connectivity index (χ4v) is 4.73. The molecule has 2 aliphatic rings. The highest BCUT2D eigenvalue weighted by Gasteiger charge is 2.43. The third kappa shape index (κ3) is 3.32. The van der Waals surface area contributed by atoms with Crippen molar-refractivity contribution in [2.75, 3.05) is 37.9 Å². The fraction of sp³-hybridized carbons (Fsp3) is 0.692. The van der Waals surface area contributed by atoms with Gasteiger partial charge in [0.1, 0.15) is 0 Å². The molecule has 0 radical (unpaired) electrons. The van der Waals surface area contributed by atoms with Crippen LogP contribution in [0.2, 0.25) is 0 Å². The van der Waals surface area contributed by atoms with Gasteiger partial charge in [0.2, 0.25) is 0 Å². The van der Waals surface area contributed by atoms with Gasteiger partial charge in [-0.3, -0.25) is 0 Å². The van der Waals surface area contributed by atoms with Crippen LogP contribution >= 0.6 is 23.5 Å². The van der Waals surface area contributed by atoms with Crippen molar-refractivity contribution in [3.63, 3.8) is 0 Å². The molecule has 20 heavy (non-hydrogen) atoms. The van der Waals surface area contributed by atoms with Crippen LogP contribution in [0.1, 0.15) is 13.8 Å². The van der Waals surface area contributed by atoms with Crippen molar-refractivity contribution in [3.8, 4) is 0 Å². The van der Waals surface area contributed by atoms with Crippen molar-refractivity contribution in [3.05, 3.63) is 9.81 Å². The highest BCUT2D eigenvalue weighted by Crippen LogP contribution is 2.48. The monoisotopic (exact) mass is 318 g/mol. The zero-order valence-electron chi connectivity index (χ0n) is 11.6. The molecular weight excluding hydrogens is 300 g/mol. The summed E-state index contributed by atoms with van der Waals surface area (Å²) in [6.45, 7) is 5.42. The third-order valence-corrected chi connectivity index (χ3v) is 6.15. The van der Waals surface area contributed by atoms with Crippen LogP contribution in [0.3, 0.4) is 0 Å². The SMILES string of the molecule is CCOC(=O)C(C(=O)OCC)=C1SCC2(COC2)CS1. The van der Waals surface area contributed by atoms with Gasteiger partial charge in [0.05, 0.1) is 30.7 Å². The summed E-state index contributed by atoms with van der Waals surface area (Å²) in [7, 11) is 0. The lowest BCUT2D eigenvalue weighted by molar-refractivity contribution is -0.146. The zero-order valence-corrected chi connectivity index (χ0v) is 13.2. The average Bonchev–Trinajstić information content (AvgIpc) is 2.39. The highest BCUT2D eigenvalue weighted by atomic mass is 32.2. The summed E-state index contributed by atoms with van der Waals surface area (Å²) in [6, 6.07) is 0. The molecule has 0 aromatic heterocycles. The van der Waals surface area contributed by atoms with E-state index in [1.54, 1.807) is 13.8 Å². The Hall–Kier alpha value is -0.660. The Bertz CT molecular complexity index is 396. The molecule has 0 bridgehead atoms. The molecule has 0 atom stereocenters. The summed E-state index contributed by atoms with van der Waals surface area (Å²) < 4.78 is 15.9. The molecule has 2 saturated heterocycles. The van der Waals surface area contributed by atoms with Crippen molar-refractivity contribution in [1.82, 2.24) is 0 Å². The van der Waals surface area contributed by atoms with E-state index in [1.807, 2.05) is 0 Å². The van der Waals surface area contributed by atoms with Gasteiger partial charge < -0.3 is 14.2 Å². The number of ether oxygens (including phenoxy) is 3. The van der Waals surface area contributed by atoms with Crippen LogP contribution in [0.4, 0.5) is 0 Å². The van der Waals surface area contributed by atoms with Crippen LogP contribution in [0.5, 0.6) is 0 Å². The fourth-order valence-electron chi connectivity index (χ4n) is 1.88. The van der Waals surface area contributed by atoms with Crippen LogP contribution in [-0.2, 0) is 23.8 Å². The van der Waals surface area contributed by atoms with Crippen LogP contribution in [-0.4, -0.2) is 49.9 Å². The summed E-state index contributed by atoms with van der Waals surface area (Å²) in [5.74, 6) is 0.526. The van der Waals surface area contributed by atoms with Gasteiger partial charge in [0.15, 0.2) is 5.57 Å². The Morgan fingerprint density at radius 3 is 1.95 bits per heavy atom. The molecule has 0 unspecified atom stereocenters. The number of carbonyl (C=O) groups excluding carboxylic acids is 2. The molecular formula is C13H18O5S2. The van der Waals surface area contributed by atoms with E-state index in [1.165, 1.54) is 23.5 Å². The Kier molecular flexibility index (Phi) is 5.40. The number of rotatable bonds is 4. The quantitative estimate of drug-likeness (QED) is 0.339. The van der Waals surface area contributed by atoms with Crippen LogP contribution in [0.15, 0.2) is 9.81 Å². The molecule has 0 amide bonds. The topological polar surface area (TPSA) is 61.8 Å². The number of carbonyl (C=O) groups is 2. The average molecular weight is 318 g/mol. The van der Waals surface area contributed by atoms with E-state index >= 15 is 0 Å². The molecule has 0 N–H and O–H groups in total. The molecule has 112 valence electrons. The van der Waals surface area contributed by atoms with Gasteiger partial charge in [0.25, 0.3) is 0 Å². The van der Waals surface area contributed by atoms with Crippen molar-refractivity contribution in [2.24, 2.45) is 5.41 Å². The molecule has 7 heteroatoms. The second-order valence-electron chi connectivity index (χ2n) is 4.67. The highest BCUT2D eigenvalue weighted by molar-refractivity contribution is 8.23. The molecule has 2 fully saturated rings. The Morgan fingerprint density at radius 2 is 1.60 bits per heavy atom. The van der Waals surface area contributed by atoms with Crippen LogP contribution < -0.4 is 0 Å². The Morgan fingerprint density at radius 1 is 1.10 bits per heavy atom. The molecule has 2 heterocycles. The van der Waals surface area contributed by atoms with Gasteiger partial charge >= 0.3 is 11.9 Å². The van der Waals surface area contributed by atoms with Crippen molar-refractivity contribution in [1.29, 1.82) is 0 Å². The zero-order chi connectivity index (χ0) is 14.6. The van der Waals surface area contributed by atoms with E-state index in [4.69, 9.17) is 14.2 Å². The van der Waals surface area contributed by atoms with E-state index in [2.05, 4.69) is 0 Å². The largest absolute Gasteiger partial charge is 0.462 e. The van der Waals surface area contributed by atoms with Crippen molar-refractivity contribution < 1.29 is 23.8 Å². The van der Waals surface area contributed by atoms with Gasteiger partial charge in [-0.1, -0.05) is 0 Å². The minimum atomic E-state index is -0.596. The summed E-state index contributed by atoms with van der Waals surface area (Å²) in [5.41, 5.74) is 0.242. The Balaban J connectivity index is 2.14. The summed E-state index contributed by atoms with van der Waals surface area (Å²) in [6.07, 6.45) is 0. The first-order chi connectivity index (χ1) is 9.62. The predicted octanol–water partition coefficient (Wildman–Crippen LogP) is 1.82. The maximum Gasteiger partial charge on any atom is 0.347 e. The van der Waals surface area contributed by atoms with Gasteiger partial charge in [-0.25, -0.2) is 9.59 Å². The second-order valence-corrected chi connectivity index (χ2v) is 6.90. The number of hydrogen-bond acceptors (Lipinski definition) is 7.